The third-order valence-corrected chi connectivity index (χ3v) is 8.70. The fraction of sp³-hybridized carbons (Fsp3) is 0.429. The van der Waals surface area contributed by atoms with Crippen molar-refractivity contribution in [1.82, 2.24) is 4.90 Å². The highest BCUT2D eigenvalue weighted by molar-refractivity contribution is 6.09. The summed E-state index contributed by atoms with van der Waals surface area (Å²) in [5.74, 6) is 0.376. The monoisotopic (exact) mass is 538 g/mol. The molecule has 3 aromatic carbocycles. The van der Waals surface area contributed by atoms with E-state index in [2.05, 4.69) is 47.6 Å². The lowest BCUT2D eigenvalue weighted by Crippen LogP contribution is -2.45. The summed E-state index contributed by atoms with van der Waals surface area (Å²) in [7, 11) is 0. The molecular weight excluding hydrogens is 496 g/mol. The molecule has 1 saturated heterocycles. The van der Waals surface area contributed by atoms with E-state index in [1.54, 1.807) is 0 Å². The van der Waals surface area contributed by atoms with Crippen molar-refractivity contribution >= 4 is 17.5 Å². The summed E-state index contributed by atoms with van der Waals surface area (Å²) in [5.41, 5.74) is 3.97. The largest absolute Gasteiger partial charge is 0.507 e. The molecule has 5 rings (SSSR count). The van der Waals surface area contributed by atoms with Crippen LogP contribution in [0.15, 0.2) is 66.7 Å². The van der Waals surface area contributed by atoms with Gasteiger partial charge in [-0.2, -0.15) is 0 Å². The van der Waals surface area contributed by atoms with Crippen molar-refractivity contribution in [3.05, 3.63) is 94.5 Å². The van der Waals surface area contributed by atoms with E-state index in [4.69, 9.17) is 0 Å². The van der Waals surface area contributed by atoms with Crippen LogP contribution in [0, 0.1) is 0 Å². The Morgan fingerprint density at radius 2 is 1.50 bits per heavy atom. The van der Waals surface area contributed by atoms with Crippen molar-refractivity contribution in [1.29, 1.82) is 0 Å². The first-order valence-electron chi connectivity index (χ1n) is 14.4. The van der Waals surface area contributed by atoms with Crippen LogP contribution in [0.2, 0.25) is 0 Å². The van der Waals surface area contributed by atoms with Gasteiger partial charge >= 0.3 is 0 Å². The van der Waals surface area contributed by atoms with Gasteiger partial charge < -0.3 is 14.9 Å². The molecular formula is C35H42N2O3. The zero-order valence-electron chi connectivity index (χ0n) is 24.9. The number of benzene rings is 3. The van der Waals surface area contributed by atoms with E-state index in [1.807, 2.05) is 77.4 Å². The Kier molecular flexibility index (Phi) is 6.84. The number of carbonyl (C=O) groups excluding carboxylic acids is 2. The smallest absolute Gasteiger partial charge is 0.240 e. The van der Waals surface area contributed by atoms with Crippen LogP contribution in [0.4, 0.5) is 5.69 Å². The SMILES string of the molecule is CCC(=O)N1CC[C@@]2(C(=O)N(Cc3ccccc3)c3ccccc32)[C@@H]1c1cc(C(C)(C)C)c(O)c(C(C)(C)C)c1. The van der Waals surface area contributed by atoms with Crippen LogP contribution in [-0.4, -0.2) is 28.4 Å². The number of anilines is 1. The van der Waals surface area contributed by atoms with Gasteiger partial charge in [0.1, 0.15) is 11.2 Å². The van der Waals surface area contributed by atoms with Gasteiger partial charge in [0.05, 0.1) is 12.6 Å². The molecule has 0 radical (unpaired) electrons. The Bertz CT molecular complexity index is 1410. The molecule has 2 aliphatic rings. The minimum atomic E-state index is -0.905. The van der Waals surface area contributed by atoms with E-state index in [0.717, 1.165) is 33.5 Å². The van der Waals surface area contributed by atoms with Gasteiger partial charge in [-0.05, 0) is 63.3 Å². The highest BCUT2D eigenvalue weighted by Gasteiger charge is 2.61. The number of amides is 2. The number of rotatable bonds is 4. The Morgan fingerprint density at radius 3 is 2.08 bits per heavy atom. The number of likely N-dealkylation sites (tertiary alicyclic amines) is 1. The van der Waals surface area contributed by atoms with Crippen molar-refractivity contribution in [2.75, 3.05) is 11.4 Å². The number of hydrogen-bond donors (Lipinski definition) is 1. The Morgan fingerprint density at radius 1 is 0.925 bits per heavy atom. The Labute approximate surface area is 238 Å². The van der Waals surface area contributed by atoms with Crippen LogP contribution in [0.1, 0.15) is 95.2 Å². The predicted octanol–water partition coefficient (Wildman–Crippen LogP) is 7.16. The topological polar surface area (TPSA) is 60.9 Å². The number of para-hydroxylation sites is 1. The van der Waals surface area contributed by atoms with Gasteiger partial charge in [-0.25, -0.2) is 0 Å². The predicted molar refractivity (Wildman–Crippen MR) is 161 cm³/mol. The third kappa shape index (κ3) is 4.40. The summed E-state index contributed by atoms with van der Waals surface area (Å²) in [6.45, 7) is 15.4. The fourth-order valence-corrected chi connectivity index (χ4v) is 6.70. The maximum Gasteiger partial charge on any atom is 0.240 e. The molecule has 5 nitrogen and oxygen atoms in total. The highest BCUT2D eigenvalue weighted by atomic mass is 16.3. The number of aromatic hydroxyl groups is 1. The standard InChI is InChI=1S/C35H42N2O3/c1-8-29(38)36-19-18-35(31(36)24-20-26(33(2,3)4)30(39)27(21-24)34(5,6)7)25-16-12-13-17-28(25)37(32(35)40)22-23-14-10-9-11-15-23/h9-17,20-21,31,39H,8,18-19,22H2,1-7H3/t31-,35-/m0/s1. The third-order valence-electron chi connectivity index (χ3n) is 8.70. The van der Waals surface area contributed by atoms with E-state index in [0.29, 0.717) is 31.7 Å². The lowest BCUT2D eigenvalue weighted by Gasteiger charge is -2.37. The zero-order chi connectivity index (χ0) is 29.0. The van der Waals surface area contributed by atoms with Crippen molar-refractivity contribution in [2.45, 2.75) is 90.1 Å². The van der Waals surface area contributed by atoms with Gasteiger partial charge in [-0.1, -0.05) is 97.0 Å². The highest BCUT2D eigenvalue weighted by Crippen LogP contribution is 2.58. The molecule has 0 aliphatic carbocycles. The molecule has 2 atom stereocenters. The molecule has 3 aromatic rings. The van der Waals surface area contributed by atoms with Crippen molar-refractivity contribution < 1.29 is 14.7 Å². The summed E-state index contributed by atoms with van der Waals surface area (Å²) in [6, 6.07) is 21.8. The van der Waals surface area contributed by atoms with Crippen LogP contribution in [0.5, 0.6) is 5.75 Å². The summed E-state index contributed by atoms with van der Waals surface area (Å²) < 4.78 is 0. The molecule has 0 saturated carbocycles. The minimum Gasteiger partial charge on any atom is -0.507 e. The molecule has 2 amide bonds. The Hall–Kier alpha value is -3.60. The first kappa shape index (κ1) is 27.9. The second-order valence-electron chi connectivity index (χ2n) is 13.4. The zero-order valence-corrected chi connectivity index (χ0v) is 24.9. The van der Waals surface area contributed by atoms with Gasteiger partial charge in [0.15, 0.2) is 0 Å². The lowest BCUT2D eigenvalue weighted by atomic mass is 9.70. The van der Waals surface area contributed by atoms with Crippen LogP contribution in [0.25, 0.3) is 0 Å². The molecule has 2 aliphatic heterocycles. The van der Waals surface area contributed by atoms with Gasteiger partial charge in [-0.15, -0.1) is 0 Å². The molecule has 1 fully saturated rings. The number of hydrogen-bond acceptors (Lipinski definition) is 3. The van der Waals surface area contributed by atoms with Gasteiger partial charge in [0.2, 0.25) is 11.8 Å². The van der Waals surface area contributed by atoms with Gasteiger partial charge in [0.25, 0.3) is 0 Å². The van der Waals surface area contributed by atoms with E-state index < -0.39 is 11.5 Å². The van der Waals surface area contributed by atoms with Crippen LogP contribution >= 0.6 is 0 Å². The molecule has 5 heteroatoms. The summed E-state index contributed by atoms with van der Waals surface area (Å²) in [6.07, 6.45) is 0.924. The summed E-state index contributed by atoms with van der Waals surface area (Å²) >= 11 is 0. The quantitative estimate of drug-likeness (QED) is 0.384. The minimum absolute atomic E-state index is 0.0383. The molecule has 0 aromatic heterocycles. The van der Waals surface area contributed by atoms with E-state index in [1.165, 1.54) is 0 Å². The molecule has 0 bridgehead atoms. The maximum atomic E-state index is 14.8. The second kappa shape index (κ2) is 9.79. The molecule has 210 valence electrons. The fourth-order valence-electron chi connectivity index (χ4n) is 6.70. The van der Waals surface area contributed by atoms with Crippen molar-refractivity contribution in [3.63, 3.8) is 0 Å². The van der Waals surface area contributed by atoms with Gasteiger partial charge in [0, 0.05) is 18.7 Å². The van der Waals surface area contributed by atoms with Gasteiger partial charge in [-0.3, -0.25) is 9.59 Å². The molecule has 40 heavy (non-hydrogen) atoms. The summed E-state index contributed by atoms with van der Waals surface area (Å²) in [4.78, 5) is 32.1. The average Bonchev–Trinajstić information content (AvgIpc) is 3.41. The van der Waals surface area contributed by atoms with Crippen LogP contribution < -0.4 is 4.90 Å². The molecule has 1 spiro atoms. The second-order valence-corrected chi connectivity index (χ2v) is 13.4. The van der Waals surface area contributed by atoms with E-state index in [9.17, 15) is 14.7 Å². The normalized spacial score (nSPS) is 20.9. The first-order chi connectivity index (χ1) is 18.8. The number of phenolic OH excluding ortho intramolecular Hbond substituents is 1. The molecule has 1 N–H and O–H groups in total. The molecule has 0 unspecified atom stereocenters. The van der Waals surface area contributed by atoms with E-state index >= 15 is 0 Å². The lowest BCUT2D eigenvalue weighted by molar-refractivity contribution is -0.133. The number of nitrogens with zero attached hydrogens (tertiary/aromatic N) is 2. The average molecular weight is 539 g/mol. The van der Waals surface area contributed by atoms with Crippen molar-refractivity contribution in [2.24, 2.45) is 0 Å². The number of carbonyl (C=O) groups is 2. The van der Waals surface area contributed by atoms with Crippen LogP contribution in [0.3, 0.4) is 0 Å². The van der Waals surface area contributed by atoms with Crippen LogP contribution in [-0.2, 0) is 32.4 Å². The Balaban J connectivity index is 1.76. The van der Waals surface area contributed by atoms with Crippen molar-refractivity contribution in [3.8, 4) is 5.75 Å². The maximum absolute atomic E-state index is 14.8. The number of fused-ring (bicyclic) bond motifs is 2. The summed E-state index contributed by atoms with van der Waals surface area (Å²) in [5, 5.41) is 11.5. The molecule has 2 heterocycles. The first-order valence-corrected chi connectivity index (χ1v) is 14.4. The number of phenols is 1. The van der Waals surface area contributed by atoms with E-state index in [-0.39, 0.29) is 22.6 Å².